The fraction of sp³-hybridized carbons (Fsp3) is 0.417. The van der Waals surface area contributed by atoms with Gasteiger partial charge in [0.05, 0.1) is 5.54 Å². The Morgan fingerprint density at radius 3 is 2.81 bits per heavy atom. The van der Waals surface area contributed by atoms with Gasteiger partial charge < -0.3 is 10.8 Å². The Morgan fingerprint density at radius 2 is 2.19 bits per heavy atom. The molecule has 0 bridgehead atoms. The molecule has 1 amide bonds. The van der Waals surface area contributed by atoms with Crippen LogP contribution in [0.2, 0.25) is 0 Å². The largest absolute Gasteiger partial charge is 0.465 e. The van der Waals surface area contributed by atoms with Gasteiger partial charge in [0.15, 0.2) is 0 Å². The minimum atomic E-state index is -0.868. The van der Waals surface area contributed by atoms with E-state index >= 15 is 0 Å². The third-order valence-electron chi connectivity index (χ3n) is 3.30. The maximum absolute atomic E-state index is 11.1. The van der Waals surface area contributed by atoms with Crippen molar-refractivity contribution in [2.45, 2.75) is 25.8 Å². The molecule has 86 valence electrons. The van der Waals surface area contributed by atoms with Gasteiger partial charge in [-0.05, 0) is 43.5 Å². The normalized spacial score (nSPS) is 18.0. The molecule has 4 heteroatoms. The quantitative estimate of drug-likeness (QED) is 0.657. The van der Waals surface area contributed by atoms with Gasteiger partial charge in [0.1, 0.15) is 0 Å². The van der Waals surface area contributed by atoms with Crippen molar-refractivity contribution in [3.05, 3.63) is 29.3 Å². The molecule has 0 saturated carbocycles. The molecule has 1 aromatic carbocycles. The zero-order chi connectivity index (χ0) is 11.9. The zero-order valence-corrected chi connectivity index (χ0v) is 9.53. The summed E-state index contributed by atoms with van der Waals surface area (Å²) in [6.07, 6.45) is -0.136. The van der Waals surface area contributed by atoms with Crippen LogP contribution in [0.5, 0.6) is 0 Å². The lowest BCUT2D eigenvalue weighted by Gasteiger charge is -2.42. The molecule has 1 heterocycles. The molecular formula is C12H16N2O2. The summed E-state index contributed by atoms with van der Waals surface area (Å²) in [5.74, 6) is 0. The minimum Gasteiger partial charge on any atom is -0.465 e. The Balaban J connectivity index is 2.50. The van der Waals surface area contributed by atoms with Crippen LogP contribution >= 0.6 is 0 Å². The van der Waals surface area contributed by atoms with Crippen molar-refractivity contribution in [1.29, 1.82) is 0 Å². The van der Waals surface area contributed by atoms with Crippen LogP contribution in [0.15, 0.2) is 18.2 Å². The van der Waals surface area contributed by atoms with E-state index in [-0.39, 0.29) is 0 Å². The lowest BCUT2D eigenvalue weighted by atomic mass is 9.83. The first-order valence-electron chi connectivity index (χ1n) is 5.32. The van der Waals surface area contributed by atoms with Crippen LogP contribution < -0.4 is 5.73 Å². The predicted molar refractivity (Wildman–Crippen MR) is 62.3 cm³/mol. The number of benzene rings is 1. The van der Waals surface area contributed by atoms with E-state index in [0.29, 0.717) is 6.54 Å². The molecule has 0 fully saturated rings. The predicted octanol–water partition coefficient (Wildman–Crippen LogP) is 2.04. The topological polar surface area (TPSA) is 66.6 Å². The van der Waals surface area contributed by atoms with Crippen LogP contribution in [0.1, 0.15) is 25.0 Å². The first-order chi connectivity index (χ1) is 7.43. The molecule has 3 N–H and O–H groups in total. The highest BCUT2D eigenvalue weighted by Gasteiger charge is 2.37. The van der Waals surface area contributed by atoms with Crippen LogP contribution in [0.25, 0.3) is 0 Å². The van der Waals surface area contributed by atoms with Gasteiger partial charge in [0, 0.05) is 12.2 Å². The van der Waals surface area contributed by atoms with Crippen LogP contribution in [-0.2, 0) is 12.0 Å². The Labute approximate surface area is 94.7 Å². The number of anilines is 1. The van der Waals surface area contributed by atoms with E-state index in [1.807, 2.05) is 32.0 Å². The molecule has 1 aromatic rings. The molecule has 0 unspecified atom stereocenters. The van der Waals surface area contributed by atoms with Gasteiger partial charge in [-0.15, -0.1) is 0 Å². The van der Waals surface area contributed by atoms with Crippen LogP contribution in [0, 0.1) is 0 Å². The van der Waals surface area contributed by atoms with Crippen molar-refractivity contribution < 1.29 is 9.90 Å². The minimum absolute atomic E-state index is 0.479. The van der Waals surface area contributed by atoms with Crippen molar-refractivity contribution in [1.82, 2.24) is 4.90 Å². The summed E-state index contributed by atoms with van der Waals surface area (Å²) in [5, 5.41) is 9.16. The van der Waals surface area contributed by atoms with E-state index in [1.54, 1.807) is 0 Å². The molecule has 0 aromatic heterocycles. The number of hydrogen-bond acceptors (Lipinski definition) is 2. The van der Waals surface area contributed by atoms with E-state index in [0.717, 1.165) is 23.2 Å². The molecule has 0 radical (unpaired) electrons. The second kappa shape index (κ2) is 3.40. The second-order valence-corrected chi connectivity index (χ2v) is 4.66. The van der Waals surface area contributed by atoms with Gasteiger partial charge in [-0.2, -0.15) is 0 Å². The third-order valence-corrected chi connectivity index (χ3v) is 3.30. The van der Waals surface area contributed by atoms with Crippen molar-refractivity contribution in [2.75, 3.05) is 12.3 Å². The van der Waals surface area contributed by atoms with Crippen LogP contribution in [0.4, 0.5) is 10.5 Å². The Hall–Kier alpha value is -1.71. The molecule has 16 heavy (non-hydrogen) atoms. The van der Waals surface area contributed by atoms with Crippen molar-refractivity contribution in [3.8, 4) is 0 Å². The number of fused-ring (bicyclic) bond motifs is 1. The molecule has 1 aliphatic rings. The highest BCUT2D eigenvalue weighted by molar-refractivity contribution is 5.67. The van der Waals surface area contributed by atoms with Crippen molar-refractivity contribution in [3.63, 3.8) is 0 Å². The first-order valence-corrected chi connectivity index (χ1v) is 5.32. The SMILES string of the molecule is CC1(C)c2ccc(N)cc2CCN1C(=O)O. The Kier molecular flexibility index (Phi) is 2.30. The van der Waals surface area contributed by atoms with Gasteiger partial charge in [-0.3, -0.25) is 4.90 Å². The average Bonchev–Trinajstić information content (AvgIpc) is 2.15. The monoisotopic (exact) mass is 220 g/mol. The number of carboxylic acid groups (broad SMARTS) is 1. The zero-order valence-electron chi connectivity index (χ0n) is 9.53. The lowest BCUT2D eigenvalue weighted by Crippen LogP contribution is -2.49. The number of nitrogens with two attached hydrogens (primary N) is 1. The maximum atomic E-state index is 11.1. The summed E-state index contributed by atoms with van der Waals surface area (Å²) in [7, 11) is 0. The van der Waals surface area contributed by atoms with Gasteiger partial charge in [-0.25, -0.2) is 4.79 Å². The summed E-state index contributed by atoms with van der Waals surface area (Å²) in [6, 6.07) is 5.70. The molecule has 0 aliphatic carbocycles. The van der Waals surface area contributed by atoms with Crippen LogP contribution in [-0.4, -0.2) is 22.6 Å². The van der Waals surface area contributed by atoms with Crippen molar-refractivity contribution in [2.24, 2.45) is 0 Å². The molecule has 0 atom stereocenters. The van der Waals surface area contributed by atoms with Gasteiger partial charge in [-0.1, -0.05) is 6.07 Å². The van der Waals surface area contributed by atoms with Gasteiger partial charge >= 0.3 is 6.09 Å². The van der Waals surface area contributed by atoms with Crippen molar-refractivity contribution >= 4 is 11.8 Å². The van der Waals surface area contributed by atoms with E-state index < -0.39 is 11.6 Å². The number of nitrogen functional groups attached to an aromatic ring is 1. The fourth-order valence-corrected chi connectivity index (χ4v) is 2.41. The van der Waals surface area contributed by atoms with Gasteiger partial charge in [0.2, 0.25) is 0 Å². The third kappa shape index (κ3) is 1.50. The molecule has 2 rings (SSSR count). The highest BCUT2D eigenvalue weighted by Crippen LogP contribution is 2.35. The summed E-state index contributed by atoms with van der Waals surface area (Å²) in [5.41, 5.74) is 8.20. The Morgan fingerprint density at radius 1 is 1.50 bits per heavy atom. The summed E-state index contributed by atoms with van der Waals surface area (Å²) in [4.78, 5) is 12.6. The molecule has 4 nitrogen and oxygen atoms in total. The number of rotatable bonds is 0. The highest BCUT2D eigenvalue weighted by atomic mass is 16.4. The Bertz CT molecular complexity index is 441. The summed E-state index contributed by atoms with van der Waals surface area (Å²) >= 11 is 0. The first kappa shape index (κ1) is 10.8. The number of amides is 1. The smallest absolute Gasteiger partial charge is 0.408 e. The maximum Gasteiger partial charge on any atom is 0.408 e. The molecule has 0 spiro atoms. The fourth-order valence-electron chi connectivity index (χ4n) is 2.41. The van der Waals surface area contributed by atoms with Gasteiger partial charge in [0.25, 0.3) is 0 Å². The van der Waals surface area contributed by atoms with E-state index in [1.165, 1.54) is 4.90 Å². The number of hydrogen-bond donors (Lipinski definition) is 2. The second-order valence-electron chi connectivity index (χ2n) is 4.66. The number of carbonyl (C=O) groups is 1. The number of nitrogens with zero attached hydrogens (tertiary/aromatic N) is 1. The van der Waals surface area contributed by atoms with E-state index in [4.69, 9.17) is 10.8 Å². The van der Waals surface area contributed by atoms with E-state index in [2.05, 4.69) is 0 Å². The van der Waals surface area contributed by atoms with Crippen LogP contribution in [0.3, 0.4) is 0 Å². The molecular weight excluding hydrogens is 204 g/mol. The molecule has 0 saturated heterocycles. The summed E-state index contributed by atoms with van der Waals surface area (Å²) < 4.78 is 0. The summed E-state index contributed by atoms with van der Waals surface area (Å²) in [6.45, 7) is 4.38. The molecule has 1 aliphatic heterocycles. The lowest BCUT2D eigenvalue weighted by molar-refractivity contribution is 0.0852. The van der Waals surface area contributed by atoms with E-state index in [9.17, 15) is 4.79 Å². The standard InChI is InChI=1S/C12H16N2O2/c1-12(2)10-4-3-9(13)7-8(10)5-6-14(12)11(15)16/h3-4,7H,5-6,13H2,1-2H3,(H,15,16). The average molecular weight is 220 g/mol.